The van der Waals surface area contributed by atoms with Gasteiger partial charge in [0.1, 0.15) is 22.5 Å². The fourth-order valence-corrected chi connectivity index (χ4v) is 2.07. The summed E-state index contributed by atoms with van der Waals surface area (Å²) in [4.78, 5) is 14.1. The van der Waals surface area contributed by atoms with E-state index in [1.165, 1.54) is 0 Å². The van der Waals surface area contributed by atoms with Gasteiger partial charge in [0.15, 0.2) is 5.69 Å². The van der Waals surface area contributed by atoms with E-state index in [1.54, 1.807) is 0 Å². The lowest BCUT2D eigenvalue weighted by molar-refractivity contribution is 0.0691. The lowest BCUT2D eigenvalue weighted by atomic mass is 10.2. The average molecular weight is 259 g/mol. The van der Waals surface area contributed by atoms with Crippen molar-refractivity contribution in [2.45, 2.75) is 0 Å². The van der Waals surface area contributed by atoms with Gasteiger partial charge in [-0.05, 0) is 0 Å². The monoisotopic (exact) mass is 259 g/mol. The minimum atomic E-state index is -1.30. The molecule has 0 spiro atoms. The molecular formula is C10H4F3NO2S. The number of carbonyl (C=O) groups is 1. The summed E-state index contributed by atoms with van der Waals surface area (Å²) in [7, 11) is 0. The summed E-state index contributed by atoms with van der Waals surface area (Å²) in [5.41, 5.74) is -0.836. The van der Waals surface area contributed by atoms with Gasteiger partial charge in [0, 0.05) is 17.5 Å². The SMILES string of the molecule is O=C(O)c1csc(-c2c(F)cc(F)cc2F)n1. The second-order valence-corrected chi connectivity index (χ2v) is 3.95. The van der Waals surface area contributed by atoms with Gasteiger partial charge in [0.25, 0.3) is 0 Å². The highest BCUT2D eigenvalue weighted by molar-refractivity contribution is 7.13. The van der Waals surface area contributed by atoms with Gasteiger partial charge in [0.2, 0.25) is 0 Å². The molecule has 0 fully saturated rings. The third-order valence-electron chi connectivity index (χ3n) is 1.94. The Morgan fingerprint density at radius 3 is 2.29 bits per heavy atom. The first kappa shape index (κ1) is 11.6. The van der Waals surface area contributed by atoms with Crippen LogP contribution in [-0.4, -0.2) is 16.1 Å². The van der Waals surface area contributed by atoms with Crippen molar-refractivity contribution in [3.05, 3.63) is 40.7 Å². The highest BCUT2D eigenvalue weighted by Crippen LogP contribution is 2.29. The first-order valence-corrected chi connectivity index (χ1v) is 5.20. The van der Waals surface area contributed by atoms with Crippen molar-refractivity contribution < 1.29 is 23.1 Å². The molecular weight excluding hydrogens is 255 g/mol. The molecule has 0 aliphatic carbocycles. The number of aromatic carboxylic acids is 1. The molecule has 0 unspecified atom stereocenters. The van der Waals surface area contributed by atoms with Crippen LogP contribution in [0.4, 0.5) is 13.2 Å². The molecule has 0 amide bonds. The Morgan fingerprint density at radius 2 is 1.82 bits per heavy atom. The minimum absolute atomic E-state index is 0.141. The number of benzene rings is 1. The highest BCUT2D eigenvalue weighted by Gasteiger charge is 2.18. The fraction of sp³-hybridized carbons (Fsp3) is 0. The fourth-order valence-electron chi connectivity index (χ4n) is 1.23. The minimum Gasteiger partial charge on any atom is -0.476 e. The van der Waals surface area contributed by atoms with Gasteiger partial charge < -0.3 is 5.11 Å². The van der Waals surface area contributed by atoms with Gasteiger partial charge in [0.05, 0.1) is 5.56 Å². The van der Waals surface area contributed by atoms with E-state index in [0.717, 1.165) is 16.7 Å². The summed E-state index contributed by atoms with van der Waals surface area (Å²) >= 11 is 0.771. The van der Waals surface area contributed by atoms with Crippen LogP contribution in [0, 0.1) is 17.5 Å². The zero-order chi connectivity index (χ0) is 12.6. The molecule has 1 N–H and O–H groups in total. The standard InChI is InChI=1S/C10H4F3NO2S/c11-4-1-5(12)8(6(13)2-4)9-14-7(3-17-9)10(15)16/h1-3H,(H,15,16). The van der Waals surface area contributed by atoms with E-state index in [1.807, 2.05) is 0 Å². The molecule has 0 saturated heterocycles. The van der Waals surface area contributed by atoms with Crippen LogP contribution in [0.5, 0.6) is 0 Å². The predicted octanol–water partition coefficient (Wildman–Crippen LogP) is 2.93. The molecule has 0 atom stereocenters. The number of thiazole rings is 1. The average Bonchev–Trinajstić information content (AvgIpc) is 2.65. The van der Waals surface area contributed by atoms with Gasteiger partial charge in [-0.2, -0.15) is 0 Å². The van der Waals surface area contributed by atoms with Crippen molar-refractivity contribution in [2.24, 2.45) is 0 Å². The predicted molar refractivity (Wildman–Crippen MR) is 54.4 cm³/mol. The quantitative estimate of drug-likeness (QED) is 0.902. The summed E-state index contributed by atoms with van der Waals surface area (Å²) in [6.45, 7) is 0. The van der Waals surface area contributed by atoms with Crippen molar-refractivity contribution in [1.82, 2.24) is 4.98 Å². The van der Waals surface area contributed by atoms with Crippen LogP contribution >= 0.6 is 11.3 Å². The second kappa shape index (κ2) is 4.17. The molecule has 0 bridgehead atoms. The zero-order valence-corrected chi connectivity index (χ0v) is 8.89. The maximum absolute atomic E-state index is 13.3. The number of hydrogen-bond acceptors (Lipinski definition) is 3. The molecule has 17 heavy (non-hydrogen) atoms. The molecule has 88 valence electrons. The van der Waals surface area contributed by atoms with E-state index in [-0.39, 0.29) is 10.7 Å². The molecule has 3 nitrogen and oxygen atoms in total. The Morgan fingerprint density at radius 1 is 1.24 bits per heavy atom. The van der Waals surface area contributed by atoms with Crippen molar-refractivity contribution in [2.75, 3.05) is 0 Å². The maximum Gasteiger partial charge on any atom is 0.355 e. The van der Waals surface area contributed by atoms with Crippen LogP contribution in [-0.2, 0) is 0 Å². The van der Waals surface area contributed by atoms with Gasteiger partial charge in [-0.1, -0.05) is 0 Å². The van der Waals surface area contributed by atoms with Crippen molar-refractivity contribution >= 4 is 17.3 Å². The van der Waals surface area contributed by atoms with Crippen LogP contribution in [0.15, 0.2) is 17.5 Å². The Kier molecular flexibility index (Phi) is 2.84. The summed E-state index contributed by atoms with van der Waals surface area (Å²) in [5.74, 6) is -4.57. The Labute approximate surface area is 97.2 Å². The normalized spacial score (nSPS) is 10.5. The summed E-state index contributed by atoms with van der Waals surface area (Å²) in [6, 6.07) is 1.03. The van der Waals surface area contributed by atoms with Crippen molar-refractivity contribution in [1.29, 1.82) is 0 Å². The number of halogens is 3. The smallest absolute Gasteiger partial charge is 0.355 e. The van der Waals surface area contributed by atoms with Crippen LogP contribution in [0.25, 0.3) is 10.6 Å². The molecule has 2 rings (SSSR count). The van der Waals surface area contributed by atoms with E-state index in [9.17, 15) is 18.0 Å². The van der Waals surface area contributed by atoms with Gasteiger partial charge in [-0.3, -0.25) is 0 Å². The Bertz CT molecular complexity index is 574. The Hall–Kier alpha value is -1.89. The summed E-state index contributed by atoms with van der Waals surface area (Å²) in [6.07, 6.45) is 0. The van der Waals surface area contributed by atoms with Crippen LogP contribution in [0.3, 0.4) is 0 Å². The third kappa shape index (κ3) is 2.14. The molecule has 0 aliphatic heterocycles. The number of aromatic nitrogens is 1. The summed E-state index contributed by atoms with van der Waals surface area (Å²) < 4.78 is 39.4. The number of hydrogen-bond donors (Lipinski definition) is 1. The zero-order valence-electron chi connectivity index (χ0n) is 8.08. The summed E-state index contributed by atoms with van der Waals surface area (Å²) in [5, 5.41) is 9.64. The van der Waals surface area contributed by atoms with Crippen LogP contribution in [0.2, 0.25) is 0 Å². The molecule has 0 aliphatic rings. The highest BCUT2D eigenvalue weighted by atomic mass is 32.1. The number of nitrogens with zero attached hydrogens (tertiary/aromatic N) is 1. The van der Waals surface area contributed by atoms with Crippen molar-refractivity contribution in [3.63, 3.8) is 0 Å². The van der Waals surface area contributed by atoms with Gasteiger partial charge in [-0.15, -0.1) is 11.3 Å². The van der Waals surface area contributed by atoms with E-state index in [0.29, 0.717) is 12.1 Å². The van der Waals surface area contributed by atoms with Crippen molar-refractivity contribution in [3.8, 4) is 10.6 Å². The van der Waals surface area contributed by atoms with Crippen LogP contribution in [0.1, 0.15) is 10.5 Å². The number of carboxylic acid groups (broad SMARTS) is 1. The maximum atomic E-state index is 13.3. The molecule has 0 radical (unpaired) electrons. The first-order valence-electron chi connectivity index (χ1n) is 4.33. The molecule has 7 heteroatoms. The second-order valence-electron chi connectivity index (χ2n) is 3.09. The van der Waals surface area contributed by atoms with Crippen LogP contribution < -0.4 is 0 Å². The van der Waals surface area contributed by atoms with E-state index in [4.69, 9.17) is 5.11 Å². The molecule has 1 heterocycles. The Balaban J connectivity index is 2.56. The lowest BCUT2D eigenvalue weighted by Crippen LogP contribution is -1.97. The van der Waals surface area contributed by atoms with E-state index < -0.39 is 29.0 Å². The first-order chi connectivity index (χ1) is 7.99. The van der Waals surface area contributed by atoms with Gasteiger partial charge >= 0.3 is 5.97 Å². The van der Waals surface area contributed by atoms with Gasteiger partial charge in [-0.25, -0.2) is 22.9 Å². The topological polar surface area (TPSA) is 50.2 Å². The molecule has 1 aromatic carbocycles. The van der Waals surface area contributed by atoms with E-state index >= 15 is 0 Å². The molecule has 0 saturated carbocycles. The largest absolute Gasteiger partial charge is 0.476 e. The molecule has 1 aromatic heterocycles. The molecule has 2 aromatic rings. The van der Waals surface area contributed by atoms with E-state index in [2.05, 4.69) is 4.98 Å². The number of carboxylic acids is 1. The number of rotatable bonds is 2. The third-order valence-corrected chi connectivity index (χ3v) is 2.80. The lowest BCUT2D eigenvalue weighted by Gasteiger charge is -2.01.